The molecule has 1 amide bonds. The molecule has 0 N–H and O–H groups in total. The van der Waals surface area contributed by atoms with Gasteiger partial charge in [-0.3, -0.25) is 4.79 Å². The van der Waals surface area contributed by atoms with E-state index in [0.717, 1.165) is 18.7 Å². The van der Waals surface area contributed by atoms with Crippen LogP contribution in [0.5, 0.6) is 5.88 Å². The Bertz CT molecular complexity index is 753. The molecule has 2 aromatic rings. The van der Waals surface area contributed by atoms with E-state index in [9.17, 15) is 18.0 Å². The van der Waals surface area contributed by atoms with E-state index >= 15 is 0 Å². The summed E-state index contributed by atoms with van der Waals surface area (Å²) in [5.74, 6) is -0.560. The normalized spacial score (nSPS) is 15.4. The largest absolute Gasteiger partial charge is 0.467 e. The monoisotopic (exact) mass is 380 g/mol. The lowest BCUT2D eigenvalue weighted by Gasteiger charge is -2.23. The Morgan fingerprint density at radius 1 is 1.00 bits per heavy atom. The molecule has 1 aliphatic heterocycles. The number of rotatable bonds is 4. The fourth-order valence-corrected chi connectivity index (χ4v) is 2.85. The van der Waals surface area contributed by atoms with E-state index in [2.05, 4.69) is 19.8 Å². The third-order valence-electron chi connectivity index (χ3n) is 4.15. The molecule has 1 aromatic heterocycles. The molecule has 6 nitrogen and oxygen atoms in total. The van der Waals surface area contributed by atoms with Crippen LogP contribution in [0.4, 0.5) is 18.9 Å². The summed E-state index contributed by atoms with van der Waals surface area (Å²) in [7, 11) is 0. The molecule has 1 aromatic carbocycles. The van der Waals surface area contributed by atoms with Crippen molar-refractivity contribution in [1.29, 1.82) is 0 Å². The van der Waals surface area contributed by atoms with Gasteiger partial charge in [-0.15, -0.1) is 10.2 Å². The number of halogens is 3. The highest BCUT2D eigenvalue weighted by Crippen LogP contribution is 2.18. The van der Waals surface area contributed by atoms with Crippen molar-refractivity contribution in [1.82, 2.24) is 15.1 Å². The van der Waals surface area contributed by atoms with Gasteiger partial charge in [-0.2, -0.15) is 13.2 Å². The number of alkyl halides is 3. The predicted molar refractivity (Wildman–Crippen MR) is 92.8 cm³/mol. The minimum Gasteiger partial charge on any atom is -0.467 e. The SMILES string of the molecule is O=C(c1ccc(OCC(F)(F)F)nn1)N1CCCN(c2ccccc2)CC1. The van der Waals surface area contributed by atoms with Crippen LogP contribution < -0.4 is 9.64 Å². The summed E-state index contributed by atoms with van der Waals surface area (Å²) in [6.45, 7) is 1.19. The minimum absolute atomic E-state index is 0.0857. The molecule has 3 rings (SSSR count). The Hall–Kier alpha value is -2.84. The van der Waals surface area contributed by atoms with Gasteiger partial charge in [0.25, 0.3) is 5.91 Å². The summed E-state index contributed by atoms with van der Waals surface area (Å²) in [4.78, 5) is 16.5. The Morgan fingerprint density at radius 2 is 1.78 bits per heavy atom. The molecule has 0 radical (unpaired) electrons. The summed E-state index contributed by atoms with van der Waals surface area (Å²) in [6, 6.07) is 12.5. The van der Waals surface area contributed by atoms with Crippen LogP contribution in [0.25, 0.3) is 0 Å². The van der Waals surface area contributed by atoms with Crippen molar-refractivity contribution in [2.75, 3.05) is 37.7 Å². The van der Waals surface area contributed by atoms with Gasteiger partial charge in [0.05, 0.1) is 0 Å². The lowest BCUT2D eigenvalue weighted by atomic mass is 10.3. The second kappa shape index (κ2) is 8.24. The molecule has 0 bridgehead atoms. The van der Waals surface area contributed by atoms with Crippen molar-refractivity contribution in [3.63, 3.8) is 0 Å². The Morgan fingerprint density at radius 3 is 2.44 bits per heavy atom. The highest BCUT2D eigenvalue weighted by molar-refractivity contribution is 5.92. The third-order valence-corrected chi connectivity index (χ3v) is 4.15. The van der Waals surface area contributed by atoms with E-state index in [-0.39, 0.29) is 17.5 Å². The lowest BCUT2D eigenvalue weighted by Crippen LogP contribution is -2.35. The first kappa shape index (κ1) is 18.9. The highest BCUT2D eigenvalue weighted by Gasteiger charge is 2.29. The number of anilines is 1. The molecule has 2 heterocycles. The Balaban J connectivity index is 1.59. The zero-order valence-electron chi connectivity index (χ0n) is 14.5. The van der Waals surface area contributed by atoms with Crippen LogP contribution in [0.2, 0.25) is 0 Å². The maximum atomic E-state index is 12.6. The van der Waals surface area contributed by atoms with Gasteiger partial charge >= 0.3 is 6.18 Å². The summed E-state index contributed by atoms with van der Waals surface area (Å²) in [6.07, 6.45) is -3.65. The maximum Gasteiger partial charge on any atom is 0.422 e. The van der Waals surface area contributed by atoms with Gasteiger partial charge in [0.15, 0.2) is 12.3 Å². The van der Waals surface area contributed by atoms with E-state index in [1.54, 1.807) is 4.90 Å². The first-order valence-electron chi connectivity index (χ1n) is 8.55. The van der Waals surface area contributed by atoms with Crippen molar-refractivity contribution in [3.8, 4) is 5.88 Å². The number of para-hydroxylation sites is 1. The van der Waals surface area contributed by atoms with E-state index in [1.807, 2.05) is 30.3 Å². The maximum absolute atomic E-state index is 12.6. The van der Waals surface area contributed by atoms with E-state index in [0.29, 0.717) is 19.6 Å². The van der Waals surface area contributed by atoms with Crippen molar-refractivity contribution < 1.29 is 22.7 Å². The van der Waals surface area contributed by atoms with Crippen LogP contribution >= 0.6 is 0 Å². The molecule has 1 aliphatic rings. The summed E-state index contributed by atoms with van der Waals surface area (Å²) in [5.41, 5.74) is 1.19. The van der Waals surface area contributed by atoms with Gasteiger partial charge in [0.2, 0.25) is 5.88 Å². The summed E-state index contributed by atoms with van der Waals surface area (Å²) >= 11 is 0. The highest BCUT2D eigenvalue weighted by atomic mass is 19.4. The summed E-state index contributed by atoms with van der Waals surface area (Å²) in [5, 5.41) is 7.27. The Kier molecular flexibility index (Phi) is 5.78. The number of hydrogen-bond acceptors (Lipinski definition) is 5. The quantitative estimate of drug-likeness (QED) is 0.816. The van der Waals surface area contributed by atoms with Gasteiger partial charge in [0.1, 0.15) is 0 Å². The van der Waals surface area contributed by atoms with E-state index in [4.69, 9.17) is 0 Å². The van der Waals surface area contributed by atoms with Crippen LogP contribution in [0.3, 0.4) is 0 Å². The fourth-order valence-electron chi connectivity index (χ4n) is 2.85. The van der Waals surface area contributed by atoms with Crippen LogP contribution in [-0.4, -0.2) is 60.0 Å². The topological polar surface area (TPSA) is 58.6 Å². The van der Waals surface area contributed by atoms with Crippen molar-refractivity contribution in [3.05, 3.63) is 48.2 Å². The molecule has 0 atom stereocenters. The number of ether oxygens (including phenoxy) is 1. The number of carbonyl (C=O) groups is 1. The number of hydrogen-bond donors (Lipinski definition) is 0. The molecule has 0 spiro atoms. The predicted octanol–water partition coefficient (Wildman–Crippen LogP) is 2.77. The Labute approximate surface area is 154 Å². The van der Waals surface area contributed by atoms with Crippen LogP contribution in [0, 0.1) is 0 Å². The van der Waals surface area contributed by atoms with Gasteiger partial charge in [-0.1, -0.05) is 18.2 Å². The first-order chi connectivity index (χ1) is 12.9. The molecule has 9 heteroatoms. The molecule has 27 heavy (non-hydrogen) atoms. The second-order valence-electron chi connectivity index (χ2n) is 6.13. The van der Waals surface area contributed by atoms with Crippen LogP contribution in [-0.2, 0) is 0 Å². The fraction of sp³-hybridized carbons (Fsp3) is 0.389. The van der Waals surface area contributed by atoms with Crippen LogP contribution in [0.15, 0.2) is 42.5 Å². The zero-order valence-corrected chi connectivity index (χ0v) is 14.5. The smallest absolute Gasteiger partial charge is 0.422 e. The van der Waals surface area contributed by atoms with Gasteiger partial charge < -0.3 is 14.5 Å². The van der Waals surface area contributed by atoms with E-state index < -0.39 is 12.8 Å². The zero-order chi connectivity index (χ0) is 19.3. The van der Waals surface area contributed by atoms with Gasteiger partial charge in [0, 0.05) is 37.9 Å². The molecule has 0 saturated carbocycles. The molecule has 0 unspecified atom stereocenters. The molecule has 1 saturated heterocycles. The third kappa shape index (κ3) is 5.32. The average Bonchev–Trinajstić information content (AvgIpc) is 2.93. The number of aromatic nitrogens is 2. The lowest BCUT2D eigenvalue weighted by molar-refractivity contribution is -0.154. The number of amides is 1. The van der Waals surface area contributed by atoms with Crippen molar-refractivity contribution >= 4 is 11.6 Å². The molecule has 1 fully saturated rings. The van der Waals surface area contributed by atoms with Crippen molar-refractivity contribution in [2.24, 2.45) is 0 Å². The minimum atomic E-state index is -4.45. The molecule has 144 valence electrons. The van der Waals surface area contributed by atoms with Crippen LogP contribution in [0.1, 0.15) is 16.9 Å². The van der Waals surface area contributed by atoms with Gasteiger partial charge in [-0.05, 0) is 24.6 Å². The molecular formula is C18H19F3N4O2. The average molecular weight is 380 g/mol. The summed E-state index contributed by atoms with van der Waals surface area (Å²) < 4.78 is 40.9. The van der Waals surface area contributed by atoms with Crippen molar-refractivity contribution in [2.45, 2.75) is 12.6 Å². The number of benzene rings is 1. The second-order valence-corrected chi connectivity index (χ2v) is 6.13. The number of nitrogens with zero attached hydrogens (tertiary/aromatic N) is 4. The number of carbonyl (C=O) groups excluding carboxylic acids is 1. The standard InChI is InChI=1S/C18H19F3N4O2/c19-18(20,21)13-27-16-8-7-15(22-23-16)17(26)25-10-4-9-24(11-12-25)14-5-2-1-3-6-14/h1-3,5-8H,4,9-13H2. The van der Waals surface area contributed by atoms with Gasteiger partial charge in [-0.25, -0.2) is 0 Å². The molecular weight excluding hydrogens is 361 g/mol. The first-order valence-corrected chi connectivity index (χ1v) is 8.55. The van der Waals surface area contributed by atoms with E-state index in [1.165, 1.54) is 12.1 Å². The molecule has 0 aliphatic carbocycles.